The van der Waals surface area contributed by atoms with E-state index in [9.17, 15) is 9.59 Å². The van der Waals surface area contributed by atoms with E-state index in [1.54, 1.807) is 31.4 Å². The van der Waals surface area contributed by atoms with E-state index < -0.39 is 5.97 Å². The zero-order valence-corrected chi connectivity index (χ0v) is 13.8. The zero-order chi connectivity index (χ0) is 17.4. The van der Waals surface area contributed by atoms with Gasteiger partial charge in [0, 0.05) is 0 Å². The van der Waals surface area contributed by atoms with Crippen LogP contribution in [0.5, 0.6) is 5.75 Å². The largest absolute Gasteiger partial charge is 0.497 e. The second kappa shape index (κ2) is 8.72. The van der Waals surface area contributed by atoms with E-state index in [-0.39, 0.29) is 25.0 Å². The normalized spacial score (nSPS) is 11.4. The number of nitrogens with one attached hydrogen (secondary N) is 1. The molecular weight excluding hydrogens is 306 g/mol. The first-order valence-corrected chi connectivity index (χ1v) is 7.71. The third-order valence-corrected chi connectivity index (χ3v) is 3.52. The molecule has 0 saturated heterocycles. The second-order valence-electron chi connectivity index (χ2n) is 5.39. The van der Waals surface area contributed by atoms with Gasteiger partial charge in [0.15, 0.2) is 6.61 Å². The van der Waals surface area contributed by atoms with Crippen LogP contribution in [0.1, 0.15) is 24.1 Å². The quantitative estimate of drug-likeness (QED) is 0.794. The molecule has 2 rings (SSSR count). The van der Waals surface area contributed by atoms with Crippen molar-refractivity contribution in [2.24, 2.45) is 0 Å². The first-order chi connectivity index (χ1) is 11.6. The van der Waals surface area contributed by atoms with Crippen molar-refractivity contribution in [2.75, 3.05) is 13.7 Å². The number of carbonyl (C=O) groups excluding carboxylic acids is 2. The molecule has 1 amide bonds. The summed E-state index contributed by atoms with van der Waals surface area (Å²) in [5.41, 5.74) is 1.77. The molecule has 0 aliphatic carbocycles. The third kappa shape index (κ3) is 5.43. The summed E-state index contributed by atoms with van der Waals surface area (Å²) in [4.78, 5) is 23.7. The van der Waals surface area contributed by atoms with Crippen LogP contribution in [0.2, 0.25) is 0 Å². The van der Waals surface area contributed by atoms with Crippen LogP contribution in [0.3, 0.4) is 0 Å². The van der Waals surface area contributed by atoms with Crippen LogP contribution in [0.4, 0.5) is 0 Å². The molecule has 0 saturated carbocycles. The van der Waals surface area contributed by atoms with Crippen molar-refractivity contribution in [3.05, 3.63) is 65.7 Å². The molecule has 0 spiro atoms. The molecule has 5 heteroatoms. The van der Waals surface area contributed by atoms with Gasteiger partial charge in [-0.15, -0.1) is 0 Å². The topological polar surface area (TPSA) is 64.6 Å². The summed E-state index contributed by atoms with van der Waals surface area (Å²) in [7, 11) is 1.57. The molecule has 5 nitrogen and oxygen atoms in total. The molecule has 1 atom stereocenters. The van der Waals surface area contributed by atoms with Crippen LogP contribution in [-0.4, -0.2) is 25.6 Å². The number of rotatable bonds is 7. The SMILES string of the molecule is COc1cccc(CC(=O)OCC(=O)N[C@@H](C)c2ccccc2)c1. The number of benzene rings is 2. The molecule has 0 aliphatic rings. The lowest BCUT2D eigenvalue weighted by Gasteiger charge is -2.14. The lowest BCUT2D eigenvalue weighted by atomic mass is 10.1. The number of methoxy groups -OCH3 is 1. The fourth-order valence-electron chi connectivity index (χ4n) is 2.25. The van der Waals surface area contributed by atoms with Crippen molar-refractivity contribution in [3.63, 3.8) is 0 Å². The third-order valence-electron chi connectivity index (χ3n) is 3.52. The maximum Gasteiger partial charge on any atom is 0.310 e. The minimum absolute atomic E-state index is 0.0960. The van der Waals surface area contributed by atoms with Gasteiger partial charge < -0.3 is 14.8 Å². The van der Waals surface area contributed by atoms with Gasteiger partial charge in [-0.3, -0.25) is 9.59 Å². The summed E-state index contributed by atoms with van der Waals surface area (Å²) in [6.45, 7) is 1.59. The van der Waals surface area contributed by atoms with Gasteiger partial charge in [0.2, 0.25) is 0 Å². The molecule has 0 fully saturated rings. The summed E-state index contributed by atoms with van der Waals surface area (Å²) in [6, 6.07) is 16.6. The Hall–Kier alpha value is -2.82. The first kappa shape index (κ1) is 17.5. The van der Waals surface area contributed by atoms with Crippen molar-refractivity contribution in [1.29, 1.82) is 0 Å². The summed E-state index contributed by atoms with van der Waals surface area (Å²) >= 11 is 0. The van der Waals surface area contributed by atoms with Gasteiger partial charge in [-0.05, 0) is 30.2 Å². The standard InChI is InChI=1S/C19H21NO4/c1-14(16-8-4-3-5-9-16)20-18(21)13-24-19(22)12-15-7-6-10-17(11-15)23-2/h3-11,14H,12-13H2,1-2H3,(H,20,21)/t14-/m0/s1. The van der Waals surface area contributed by atoms with Crippen molar-refractivity contribution in [3.8, 4) is 5.75 Å². The van der Waals surface area contributed by atoms with E-state index >= 15 is 0 Å². The zero-order valence-electron chi connectivity index (χ0n) is 13.8. The predicted octanol–water partition coefficient (Wildman–Crippen LogP) is 2.66. The smallest absolute Gasteiger partial charge is 0.310 e. The van der Waals surface area contributed by atoms with Crippen LogP contribution in [0.15, 0.2) is 54.6 Å². The number of ether oxygens (including phenoxy) is 2. The van der Waals surface area contributed by atoms with E-state index in [4.69, 9.17) is 9.47 Å². The highest BCUT2D eigenvalue weighted by atomic mass is 16.5. The molecule has 24 heavy (non-hydrogen) atoms. The summed E-state index contributed by atoms with van der Waals surface area (Å²) < 4.78 is 10.1. The Balaban J connectivity index is 1.77. The minimum Gasteiger partial charge on any atom is -0.497 e. The Labute approximate surface area is 141 Å². The molecule has 2 aromatic carbocycles. The highest BCUT2D eigenvalue weighted by Gasteiger charge is 2.12. The molecule has 0 radical (unpaired) electrons. The average Bonchev–Trinajstić information content (AvgIpc) is 2.61. The average molecular weight is 327 g/mol. The Morgan fingerprint density at radius 2 is 1.83 bits per heavy atom. The number of hydrogen-bond acceptors (Lipinski definition) is 4. The number of amides is 1. The molecule has 0 unspecified atom stereocenters. The molecular formula is C19H21NO4. The lowest BCUT2D eigenvalue weighted by molar-refractivity contribution is -0.148. The molecule has 0 aliphatic heterocycles. The molecule has 2 aromatic rings. The predicted molar refractivity (Wildman–Crippen MR) is 90.7 cm³/mol. The second-order valence-corrected chi connectivity index (χ2v) is 5.39. The Morgan fingerprint density at radius 3 is 2.54 bits per heavy atom. The number of hydrogen-bond donors (Lipinski definition) is 1. The van der Waals surface area contributed by atoms with Gasteiger partial charge in [0.25, 0.3) is 5.91 Å². The van der Waals surface area contributed by atoms with Crippen LogP contribution in [0.25, 0.3) is 0 Å². The number of carbonyl (C=O) groups is 2. The van der Waals surface area contributed by atoms with Crippen LogP contribution < -0.4 is 10.1 Å². The minimum atomic E-state index is -0.453. The van der Waals surface area contributed by atoms with Crippen molar-refractivity contribution in [2.45, 2.75) is 19.4 Å². The van der Waals surface area contributed by atoms with Crippen molar-refractivity contribution >= 4 is 11.9 Å². The van der Waals surface area contributed by atoms with E-state index in [0.29, 0.717) is 5.75 Å². The summed E-state index contributed by atoms with van der Waals surface area (Å²) in [5.74, 6) is -0.106. The summed E-state index contributed by atoms with van der Waals surface area (Å²) in [6.07, 6.45) is 0.0960. The fraction of sp³-hybridized carbons (Fsp3) is 0.263. The monoisotopic (exact) mass is 327 g/mol. The highest BCUT2D eigenvalue weighted by molar-refractivity contribution is 5.81. The number of esters is 1. The Morgan fingerprint density at radius 1 is 1.08 bits per heavy atom. The van der Waals surface area contributed by atoms with Gasteiger partial charge in [-0.1, -0.05) is 42.5 Å². The summed E-state index contributed by atoms with van der Waals surface area (Å²) in [5, 5.41) is 2.80. The van der Waals surface area contributed by atoms with Gasteiger partial charge in [-0.2, -0.15) is 0 Å². The van der Waals surface area contributed by atoms with Gasteiger partial charge in [0.1, 0.15) is 5.75 Å². The molecule has 1 N–H and O–H groups in total. The van der Waals surface area contributed by atoms with Gasteiger partial charge in [0.05, 0.1) is 19.6 Å². The van der Waals surface area contributed by atoms with E-state index in [2.05, 4.69) is 5.32 Å². The lowest BCUT2D eigenvalue weighted by Crippen LogP contribution is -2.31. The molecule has 0 heterocycles. The maximum absolute atomic E-state index is 11.9. The van der Waals surface area contributed by atoms with E-state index in [1.165, 1.54) is 0 Å². The first-order valence-electron chi connectivity index (χ1n) is 7.71. The van der Waals surface area contributed by atoms with Crippen LogP contribution >= 0.6 is 0 Å². The van der Waals surface area contributed by atoms with Gasteiger partial charge >= 0.3 is 5.97 Å². The Bertz CT molecular complexity index is 685. The maximum atomic E-state index is 11.9. The molecule has 0 bridgehead atoms. The van der Waals surface area contributed by atoms with Gasteiger partial charge in [-0.25, -0.2) is 0 Å². The highest BCUT2D eigenvalue weighted by Crippen LogP contribution is 2.13. The van der Waals surface area contributed by atoms with Crippen molar-refractivity contribution in [1.82, 2.24) is 5.32 Å². The van der Waals surface area contributed by atoms with Crippen LogP contribution in [-0.2, 0) is 20.7 Å². The Kier molecular flexibility index (Phi) is 6.37. The fourth-order valence-corrected chi connectivity index (χ4v) is 2.25. The molecule has 126 valence electrons. The molecule has 0 aromatic heterocycles. The van der Waals surface area contributed by atoms with E-state index in [1.807, 2.05) is 37.3 Å². The van der Waals surface area contributed by atoms with Crippen molar-refractivity contribution < 1.29 is 19.1 Å². The van der Waals surface area contributed by atoms with E-state index in [0.717, 1.165) is 11.1 Å². The van der Waals surface area contributed by atoms with Crippen LogP contribution in [0, 0.1) is 0 Å².